The van der Waals surface area contributed by atoms with Gasteiger partial charge in [-0.15, -0.1) is 10.2 Å². The average molecular weight is 247 g/mol. The van der Waals surface area contributed by atoms with Crippen molar-refractivity contribution >= 4 is 0 Å². The lowest BCUT2D eigenvalue weighted by molar-refractivity contribution is 0.174. The van der Waals surface area contributed by atoms with Gasteiger partial charge in [-0.05, 0) is 24.6 Å². The van der Waals surface area contributed by atoms with Gasteiger partial charge in [0.15, 0.2) is 17.3 Å². The van der Waals surface area contributed by atoms with Crippen LogP contribution in [0.15, 0.2) is 18.2 Å². The summed E-state index contributed by atoms with van der Waals surface area (Å²) in [7, 11) is 0. The minimum atomic E-state index is 0.165. The van der Waals surface area contributed by atoms with Gasteiger partial charge < -0.3 is 14.8 Å². The van der Waals surface area contributed by atoms with E-state index in [-0.39, 0.29) is 6.04 Å². The third-order valence-electron chi connectivity index (χ3n) is 2.85. The van der Waals surface area contributed by atoms with E-state index in [2.05, 4.69) is 32.9 Å². The normalized spacial score (nSPS) is 14.7. The van der Waals surface area contributed by atoms with Crippen LogP contribution in [0.4, 0.5) is 0 Å². The van der Waals surface area contributed by atoms with Crippen molar-refractivity contribution in [1.82, 2.24) is 25.9 Å². The second-order valence-corrected chi connectivity index (χ2v) is 4.04. The monoisotopic (exact) mass is 247 g/mol. The first kappa shape index (κ1) is 11.0. The van der Waals surface area contributed by atoms with Gasteiger partial charge in [-0.1, -0.05) is 11.3 Å². The van der Waals surface area contributed by atoms with Gasteiger partial charge in [-0.2, -0.15) is 5.21 Å². The van der Waals surface area contributed by atoms with E-state index in [0.717, 1.165) is 17.1 Å². The lowest BCUT2D eigenvalue weighted by atomic mass is 10.1. The summed E-state index contributed by atoms with van der Waals surface area (Å²) in [6.07, 6.45) is 0. The number of hydrogen-bond donors (Lipinski definition) is 2. The third-order valence-corrected chi connectivity index (χ3v) is 2.85. The fourth-order valence-corrected chi connectivity index (χ4v) is 1.80. The van der Waals surface area contributed by atoms with Crippen LogP contribution in [0.3, 0.4) is 0 Å². The fraction of sp³-hybridized carbons (Fsp3) is 0.364. The summed E-state index contributed by atoms with van der Waals surface area (Å²) in [5.41, 5.74) is 1.13. The molecule has 3 rings (SSSR count). The first-order valence-corrected chi connectivity index (χ1v) is 5.68. The maximum atomic E-state index is 5.35. The number of H-pyrrole nitrogens is 1. The highest BCUT2D eigenvalue weighted by atomic mass is 16.7. The minimum absolute atomic E-state index is 0.165. The third kappa shape index (κ3) is 2.12. The van der Waals surface area contributed by atoms with E-state index in [1.165, 1.54) is 0 Å². The van der Waals surface area contributed by atoms with E-state index in [9.17, 15) is 0 Å². The second-order valence-electron chi connectivity index (χ2n) is 4.04. The summed E-state index contributed by atoms with van der Waals surface area (Å²) in [6, 6.07) is 6.08. The molecule has 0 radical (unpaired) electrons. The van der Waals surface area contributed by atoms with Crippen LogP contribution in [0.25, 0.3) is 0 Å². The molecule has 0 aliphatic carbocycles. The van der Waals surface area contributed by atoms with Crippen LogP contribution in [0.1, 0.15) is 24.4 Å². The number of hydrogen-bond acceptors (Lipinski definition) is 6. The molecule has 1 aromatic carbocycles. The van der Waals surface area contributed by atoms with Gasteiger partial charge in [0.05, 0.1) is 6.54 Å². The molecule has 0 fully saturated rings. The number of aromatic amines is 1. The molecule has 1 atom stereocenters. The van der Waals surface area contributed by atoms with Crippen molar-refractivity contribution in [1.29, 1.82) is 0 Å². The van der Waals surface area contributed by atoms with Crippen molar-refractivity contribution in [2.75, 3.05) is 6.79 Å². The molecule has 0 spiro atoms. The minimum Gasteiger partial charge on any atom is -0.454 e. The molecule has 7 heteroatoms. The SMILES string of the molecule is CC(NCc1nn[nH]n1)c1ccc2c(c1)OCO2. The van der Waals surface area contributed by atoms with Gasteiger partial charge >= 0.3 is 0 Å². The van der Waals surface area contributed by atoms with Crippen LogP contribution >= 0.6 is 0 Å². The van der Waals surface area contributed by atoms with Gasteiger partial charge in [0.25, 0.3) is 0 Å². The van der Waals surface area contributed by atoms with Gasteiger partial charge in [0, 0.05) is 6.04 Å². The predicted octanol–water partition coefficient (Wildman–Crippen LogP) is 0.779. The molecule has 2 N–H and O–H groups in total. The number of nitrogens with one attached hydrogen (secondary N) is 2. The number of fused-ring (bicyclic) bond motifs is 1. The fourth-order valence-electron chi connectivity index (χ4n) is 1.80. The molecule has 0 saturated heterocycles. The Kier molecular flexibility index (Phi) is 2.81. The van der Waals surface area contributed by atoms with Crippen LogP contribution in [0.5, 0.6) is 11.5 Å². The number of ether oxygens (including phenoxy) is 2. The topological polar surface area (TPSA) is 85.0 Å². The summed E-state index contributed by atoms with van der Waals surface area (Å²) >= 11 is 0. The Bertz CT molecular complexity index is 528. The number of benzene rings is 1. The molecular formula is C11H13N5O2. The van der Waals surface area contributed by atoms with Gasteiger partial charge in [-0.3, -0.25) is 0 Å². The first-order chi connectivity index (χ1) is 8.83. The number of rotatable bonds is 4. The van der Waals surface area contributed by atoms with Crippen LogP contribution < -0.4 is 14.8 Å². The highest BCUT2D eigenvalue weighted by Gasteiger charge is 2.15. The van der Waals surface area contributed by atoms with Crippen LogP contribution in [0, 0.1) is 0 Å². The standard InChI is InChI=1S/C11H13N5O2/c1-7(12-5-11-13-15-16-14-11)8-2-3-9-10(4-8)18-6-17-9/h2-4,7,12H,5-6H2,1H3,(H,13,14,15,16). The van der Waals surface area contributed by atoms with Crippen molar-refractivity contribution in [3.05, 3.63) is 29.6 Å². The van der Waals surface area contributed by atoms with Crippen molar-refractivity contribution in [3.8, 4) is 11.5 Å². The second kappa shape index (κ2) is 4.61. The molecule has 0 amide bonds. The van der Waals surface area contributed by atoms with E-state index >= 15 is 0 Å². The Labute approximate surface area is 103 Å². The lowest BCUT2D eigenvalue weighted by Gasteiger charge is -2.13. The van der Waals surface area contributed by atoms with Gasteiger partial charge in [0.1, 0.15) is 0 Å². The zero-order valence-corrected chi connectivity index (χ0v) is 9.88. The highest BCUT2D eigenvalue weighted by Crippen LogP contribution is 2.34. The largest absolute Gasteiger partial charge is 0.454 e. The Hall–Kier alpha value is -2.15. The molecule has 1 aliphatic heterocycles. The number of nitrogens with zero attached hydrogens (tertiary/aromatic N) is 3. The maximum Gasteiger partial charge on any atom is 0.231 e. The van der Waals surface area contributed by atoms with Gasteiger partial charge in [-0.25, -0.2) is 0 Å². The molecule has 1 unspecified atom stereocenters. The Morgan fingerprint density at radius 1 is 1.39 bits per heavy atom. The van der Waals surface area contributed by atoms with E-state index in [1.54, 1.807) is 0 Å². The smallest absolute Gasteiger partial charge is 0.231 e. The molecule has 0 bridgehead atoms. The van der Waals surface area contributed by atoms with Crippen LogP contribution in [-0.4, -0.2) is 27.4 Å². The van der Waals surface area contributed by atoms with Crippen molar-refractivity contribution in [2.45, 2.75) is 19.5 Å². The molecule has 0 saturated carbocycles. The lowest BCUT2D eigenvalue weighted by Crippen LogP contribution is -2.18. The predicted molar refractivity (Wildman–Crippen MR) is 62.0 cm³/mol. The molecule has 2 heterocycles. The van der Waals surface area contributed by atoms with Crippen molar-refractivity contribution < 1.29 is 9.47 Å². The molecule has 94 valence electrons. The van der Waals surface area contributed by atoms with E-state index in [4.69, 9.17) is 9.47 Å². The molecule has 2 aromatic rings. The van der Waals surface area contributed by atoms with Crippen LogP contribution in [0.2, 0.25) is 0 Å². The average Bonchev–Trinajstić information content (AvgIpc) is 3.05. The molecular weight excluding hydrogens is 234 g/mol. The Morgan fingerprint density at radius 3 is 3.11 bits per heavy atom. The van der Waals surface area contributed by atoms with E-state index < -0.39 is 0 Å². The summed E-state index contributed by atoms with van der Waals surface area (Å²) in [5.74, 6) is 2.23. The Balaban J connectivity index is 1.67. The van der Waals surface area contributed by atoms with E-state index in [1.807, 2.05) is 18.2 Å². The summed E-state index contributed by atoms with van der Waals surface area (Å²) in [6.45, 7) is 2.92. The summed E-state index contributed by atoms with van der Waals surface area (Å²) in [4.78, 5) is 0. The summed E-state index contributed by atoms with van der Waals surface area (Å²) < 4.78 is 10.6. The number of tetrazole rings is 1. The molecule has 1 aliphatic rings. The number of aromatic nitrogens is 4. The zero-order chi connectivity index (χ0) is 12.4. The zero-order valence-electron chi connectivity index (χ0n) is 9.88. The molecule has 7 nitrogen and oxygen atoms in total. The van der Waals surface area contributed by atoms with Crippen LogP contribution in [-0.2, 0) is 6.54 Å². The van der Waals surface area contributed by atoms with E-state index in [0.29, 0.717) is 19.2 Å². The molecule has 18 heavy (non-hydrogen) atoms. The van der Waals surface area contributed by atoms with Gasteiger partial charge in [0.2, 0.25) is 6.79 Å². The summed E-state index contributed by atoms with van der Waals surface area (Å²) in [5, 5.41) is 17.0. The maximum absolute atomic E-state index is 5.35. The molecule has 1 aromatic heterocycles. The van der Waals surface area contributed by atoms with Crippen molar-refractivity contribution in [3.63, 3.8) is 0 Å². The Morgan fingerprint density at radius 2 is 2.28 bits per heavy atom. The first-order valence-electron chi connectivity index (χ1n) is 5.68. The van der Waals surface area contributed by atoms with Crippen molar-refractivity contribution in [2.24, 2.45) is 0 Å². The highest BCUT2D eigenvalue weighted by molar-refractivity contribution is 5.45. The quantitative estimate of drug-likeness (QED) is 0.830.